The van der Waals surface area contributed by atoms with Crippen molar-refractivity contribution in [3.63, 3.8) is 0 Å². The molecule has 1 N–H and O–H groups in total. The molecule has 8 nitrogen and oxygen atoms in total. The summed E-state index contributed by atoms with van der Waals surface area (Å²) in [5, 5.41) is 3.52. The average molecular weight is 422 g/mol. The third kappa shape index (κ3) is 4.30. The van der Waals surface area contributed by atoms with Crippen LogP contribution >= 0.6 is 0 Å². The summed E-state index contributed by atoms with van der Waals surface area (Å²) in [6.45, 7) is 7.07. The van der Waals surface area contributed by atoms with Gasteiger partial charge in [0.25, 0.3) is 0 Å². The highest BCUT2D eigenvalue weighted by molar-refractivity contribution is 5.83. The number of anilines is 2. The minimum absolute atomic E-state index is 0.858. The molecule has 31 heavy (non-hydrogen) atoms. The van der Waals surface area contributed by atoms with Crippen LogP contribution in [-0.2, 0) is 13.0 Å². The average Bonchev–Trinajstić information content (AvgIpc) is 3.01. The van der Waals surface area contributed by atoms with E-state index >= 15 is 0 Å². The van der Waals surface area contributed by atoms with Gasteiger partial charge in [0.2, 0.25) is 0 Å². The van der Waals surface area contributed by atoms with Gasteiger partial charge >= 0.3 is 0 Å². The zero-order valence-electron chi connectivity index (χ0n) is 18.3. The molecule has 2 aliphatic rings. The lowest BCUT2D eigenvalue weighted by Crippen LogP contribution is -2.47. The molecule has 1 fully saturated rings. The first-order valence-electron chi connectivity index (χ1n) is 11.4. The lowest BCUT2D eigenvalue weighted by molar-refractivity contribution is 0.267. The van der Waals surface area contributed by atoms with Gasteiger partial charge in [-0.2, -0.15) is 0 Å². The van der Waals surface area contributed by atoms with E-state index in [0.717, 1.165) is 80.8 Å². The lowest BCUT2D eigenvalue weighted by atomic mass is 10.2. The Labute approximate surface area is 183 Å². The molecule has 2 aliphatic heterocycles. The Morgan fingerprint density at radius 3 is 2.61 bits per heavy atom. The van der Waals surface area contributed by atoms with E-state index in [1.165, 1.54) is 24.9 Å². The number of hydrogen-bond donors (Lipinski definition) is 1. The molecule has 0 spiro atoms. The van der Waals surface area contributed by atoms with Crippen molar-refractivity contribution in [1.82, 2.24) is 24.4 Å². The van der Waals surface area contributed by atoms with Crippen molar-refractivity contribution < 1.29 is 4.74 Å². The van der Waals surface area contributed by atoms with Gasteiger partial charge in [0, 0.05) is 57.9 Å². The number of fused-ring (bicyclic) bond motifs is 3. The maximum atomic E-state index is 5.26. The maximum absolute atomic E-state index is 5.26. The van der Waals surface area contributed by atoms with Crippen LogP contribution in [0.4, 0.5) is 11.5 Å². The maximum Gasteiger partial charge on any atom is 0.165 e. The van der Waals surface area contributed by atoms with Gasteiger partial charge in [-0.3, -0.25) is 4.90 Å². The van der Waals surface area contributed by atoms with E-state index in [9.17, 15) is 0 Å². The summed E-state index contributed by atoms with van der Waals surface area (Å²) in [5.41, 5.74) is 3.16. The Morgan fingerprint density at radius 1 is 0.968 bits per heavy atom. The third-order valence-electron chi connectivity index (χ3n) is 6.42. The predicted molar refractivity (Wildman–Crippen MR) is 123 cm³/mol. The van der Waals surface area contributed by atoms with Crippen molar-refractivity contribution in [1.29, 1.82) is 0 Å². The van der Waals surface area contributed by atoms with Gasteiger partial charge in [-0.05, 0) is 37.1 Å². The molecule has 0 amide bonds. The van der Waals surface area contributed by atoms with Crippen molar-refractivity contribution in [2.45, 2.75) is 32.2 Å². The Bertz CT molecular complexity index is 1010. The normalized spacial score (nSPS) is 17.4. The number of nitrogens with zero attached hydrogens (tertiary/aromatic N) is 6. The van der Waals surface area contributed by atoms with E-state index in [4.69, 9.17) is 9.72 Å². The summed E-state index contributed by atoms with van der Waals surface area (Å²) in [4.78, 5) is 18.8. The van der Waals surface area contributed by atoms with Gasteiger partial charge in [0.1, 0.15) is 17.9 Å². The number of benzene rings is 1. The molecule has 0 atom stereocenters. The highest BCUT2D eigenvalue weighted by Crippen LogP contribution is 2.24. The summed E-state index contributed by atoms with van der Waals surface area (Å²) in [7, 11) is 1.70. The number of ether oxygens (including phenoxy) is 1. The van der Waals surface area contributed by atoms with Crippen molar-refractivity contribution in [3.05, 3.63) is 36.4 Å². The monoisotopic (exact) mass is 421 g/mol. The molecule has 0 radical (unpaired) electrons. The number of aryl methyl sites for hydroxylation is 2. The summed E-state index contributed by atoms with van der Waals surface area (Å²) in [5.74, 6) is 2.93. The van der Waals surface area contributed by atoms with Gasteiger partial charge in [0.15, 0.2) is 17.0 Å². The third-order valence-corrected chi connectivity index (χ3v) is 6.42. The van der Waals surface area contributed by atoms with E-state index in [1.807, 2.05) is 12.1 Å². The number of rotatable bonds is 6. The van der Waals surface area contributed by atoms with Crippen LogP contribution in [0.1, 0.15) is 25.1 Å². The molecule has 1 saturated heterocycles. The first-order chi connectivity index (χ1) is 15.3. The Morgan fingerprint density at radius 2 is 1.81 bits per heavy atom. The van der Waals surface area contributed by atoms with Crippen LogP contribution in [0.3, 0.4) is 0 Å². The van der Waals surface area contributed by atoms with Crippen molar-refractivity contribution in [2.24, 2.45) is 0 Å². The number of aromatic nitrogens is 4. The van der Waals surface area contributed by atoms with Crippen LogP contribution in [0.15, 0.2) is 30.6 Å². The van der Waals surface area contributed by atoms with E-state index < -0.39 is 0 Å². The fourth-order valence-electron chi connectivity index (χ4n) is 4.62. The Kier molecular flexibility index (Phi) is 5.88. The second kappa shape index (κ2) is 9.09. The smallest absolute Gasteiger partial charge is 0.165 e. The fourth-order valence-corrected chi connectivity index (χ4v) is 4.62. The molecule has 1 aromatic carbocycles. The van der Waals surface area contributed by atoms with Gasteiger partial charge in [-0.1, -0.05) is 6.42 Å². The zero-order valence-corrected chi connectivity index (χ0v) is 18.3. The number of hydrogen-bond acceptors (Lipinski definition) is 7. The molecule has 8 heteroatoms. The fraction of sp³-hybridized carbons (Fsp3) is 0.522. The van der Waals surface area contributed by atoms with Crippen LogP contribution in [0.25, 0.3) is 11.2 Å². The van der Waals surface area contributed by atoms with Crippen LogP contribution < -0.4 is 15.0 Å². The molecule has 0 saturated carbocycles. The number of nitrogens with one attached hydrogen (secondary N) is 1. The highest BCUT2D eigenvalue weighted by atomic mass is 16.5. The SMILES string of the molecule is COc1ccc(N2CCN(CCNc3ncnc4c3nc3n4CCCCC3)CC2)cc1. The van der Waals surface area contributed by atoms with E-state index in [-0.39, 0.29) is 0 Å². The Balaban J connectivity index is 1.15. The molecule has 164 valence electrons. The van der Waals surface area contributed by atoms with Crippen LogP contribution in [0, 0.1) is 0 Å². The topological polar surface area (TPSA) is 71.3 Å². The van der Waals surface area contributed by atoms with Crippen LogP contribution in [0.5, 0.6) is 5.75 Å². The van der Waals surface area contributed by atoms with Gasteiger partial charge in [0.05, 0.1) is 7.11 Å². The summed E-state index contributed by atoms with van der Waals surface area (Å²) < 4.78 is 7.55. The largest absolute Gasteiger partial charge is 0.497 e. The van der Waals surface area contributed by atoms with Crippen LogP contribution in [0.2, 0.25) is 0 Å². The van der Waals surface area contributed by atoms with Crippen molar-refractivity contribution in [2.75, 3.05) is 56.6 Å². The lowest BCUT2D eigenvalue weighted by Gasteiger charge is -2.36. The molecule has 3 aromatic rings. The molecule has 0 unspecified atom stereocenters. The number of piperazine rings is 1. The molecule has 2 aromatic heterocycles. The first-order valence-corrected chi connectivity index (χ1v) is 11.4. The van der Waals surface area contributed by atoms with Crippen LogP contribution in [-0.4, -0.2) is 70.8 Å². The second-order valence-electron chi connectivity index (χ2n) is 8.34. The summed E-state index contributed by atoms with van der Waals surface area (Å²) >= 11 is 0. The molecular formula is C23H31N7O. The second-order valence-corrected chi connectivity index (χ2v) is 8.34. The van der Waals surface area contributed by atoms with E-state index in [2.05, 4.69) is 41.8 Å². The minimum Gasteiger partial charge on any atom is -0.497 e. The summed E-state index contributed by atoms with van der Waals surface area (Å²) in [6.07, 6.45) is 6.38. The van der Waals surface area contributed by atoms with Gasteiger partial charge in [-0.15, -0.1) is 0 Å². The summed E-state index contributed by atoms with van der Waals surface area (Å²) in [6, 6.07) is 8.35. The molecule has 5 rings (SSSR count). The van der Waals surface area contributed by atoms with Gasteiger partial charge < -0.3 is 19.5 Å². The zero-order chi connectivity index (χ0) is 21.0. The first kappa shape index (κ1) is 20.1. The molecule has 4 heterocycles. The molecule has 0 aliphatic carbocycles. The van der Waals surface area contributed by atoms with Crippen molar-refractivity contribution in [3.8, 4) is 5.75 Å². The standard InChI is InChI=1S/C23H31N7O/c1-31-19-8-6-18(7-9-19)29-15-13-28(14-16-29)12-10-24-22-21-23(26-17-25-22)30-11-4-2-3-5-20(30)27-21/h6-9,17H,2-5,10-16H2,1H3,(H,24,25,26). The van der Waals surface area contributed by atoms with Gasteiger partial charge in [-0.25, -0.2) is 15.0 Å². The van der Waals surface area contributed by atoms with E-state index in [1.54, 1.807) is 13.4 Å². The van der Waals surface area contributed by atoms with E-state index in [0.29, 0.717) is 0 Å². The number of imidazole rings is 1. The molecular weight excluding hydrogens is 390 g/mol. The Hall–Kier alpha value is -2.87. The molecule has 0 bridgehead atoms. The van der Waals surface area contributed by atoms with Crippen molar-refractivity contribution >= 4 is 22.7 Å². The highest BCUT2D eigenvalue weighted by Gasteiger charge is 2.19. The predicted octanol–water partition coefficient (Wildman–Crippen LogP) is 2.80. The minimum atomic E-state index is 0.858. The number of methoxy groups -OCH3 is 1. The quantitative estimate of drug-likeness (QED) is 0.656.